The van der Waals surface area contributed by atoms with Crippen LogP contribution in [0.15, 0.2) is 11.5 Å². The quantitative estimate of drug-likeness (QED) is 0.654. The Morgan fingerprint density at radius 3 is 2.17 bits per heavy atom. The fourth-order valence-electron chi connectivity index (χ4n) is 1.62. The summed E-state index contributed by atoms with van der Waals surface area (Å²) >= 11 is 0. The third kappa shape index (κ3) is 2.49. The van der Waals surface area contributed by atoms with Crippen LogP contribution in [0.4, 0.5) is 0 Å². The summed E-state index contributed by atoms with van der Waals surface area (Å²) in [5, 5.41) is 0. The van der Waals surface area contributed by atoms with Crippen molar-refractivity contribution in [3.05, 3.63) is 11.5 Å². The van der Waals surface area contributed by atoms with Crippen molar-refractivity contribution in [3.8, 4) is 0 Å². The van der Waals surface area contributed by atoms with Gasteiger partial charge in [-0.25, -0.2) is 8.42 Å². The standard InChI is InChI=1S/C8H13ClO2S/c1-7(12(9,10)11)8-5-3-2-4-6-8/h8H,1-6H2. The molecule has 1 fully saturated rings. The Morgan fingerprint density at radius 1 is 1.25 bits per heavy atom. The van der Waals surface area contributed by atoms with E-state index in [0.29, 0.717) is 0 Å². The van der Waals surface area contributed by atoms with Crippen LogP contribution in [0.25, 0.3) is 0 Å². The number of rotatable bonds is 2. The van der Waals surface area contributed by atoms with Crippen molar-refractivity contribution in [1.82, 2.24) is 0 Å². The molecule has 0 aromatic rings. The summed E-state index contributed by atoms with van der Waals surface area (Å²) in [7, 11) is 1.66. The Bertz CT molecular complexity index is 263. The van der Waals surface area contributed by atoms with Crippen LogP contribution >= 0.6 is 10.7 Å². The molecule has 0 atom stereocenters. The molecule has 1 aliphatic rings. The minimum atomic E-state index is -3.52. The molecule has 0 amide bonds. The number of hydrogen-bond donors (Lipinski definition) is 0. The highest BCUT2D eigenvalue weighted by molar-refractivity contribution is 8.16. The summed E-state index contributed by atoms with van der Waals surface area (Å²) in [6.07, 6.45) is 5.23. The van der Waals surface area contributed by atoms with Crippen LogP contribution in [0.2, 0.25) is 0 Å². The van der Waals surface area contributed by atoms with Crippen molar-refractivity contribution >= 4 is 19.7 Å². The van der Waals surface area contributed by atoms with Crippen LogP contribution in [0.5, 0.6) is 0 Å². The fraction of sp³-hybridized carbons (Fsp3) is 0.750. The lowest BCUT2D eigenvalue weighted by Crippen LogP contribution is -2.12. The fourth-order valence-corrected chi connectivity index (χ4v) is 2.64. The average molecular weight is 209 g/mol. The van der Waals surface area contributed by atoms with Crippen molar-refractivity contribution in [2.24, 2.45) is 5.92 Å². The molecule has 0 unspecified atom stereocenters. The predicted molar refractivity (Wildman–Crippen MR) is 50.5 cm³/mol. The van der Waals surface area contributed by atoms with E-state index in [1.807, 2.05) is 0 Å². The molecule has 70 valence electrons. The Labute approximate surface area is 78.0 Å². The minimum Gasteiger partial charge on any atom is -0.207 e. The van der Waals surface area contributed by atoms with Gasteiger partial charge < -0.3 is 0 Å². The molecular formula is C8H13ClO2S. The van der Waals surface area contributed by atoms with Crippen LogP contribution in [-0.4, -0.2) is 8.42 Å². The first kappa shape index (κ1) is 10.1. The molecule has 1 rings (SSSR count). The lowest BCUT2D eigenvalue weighted by molar-refractivity contribution is 0.412. The topological polar surface area (TPSA) is 34.1 Å². The van der Waals surface area contributed by atoms with Crippen LogP contribution in [-0.2, 0) is 9.05 Å². The van der Waals surface area contributed by atoms with E-state index >= 15 is 0 Å². The molecule has 2 nitrogen and oxygen atoms in total. The molecule has 0 N–H and O–H groups in total. The number of hydrogen-bond acceptors (Lipinski definition) is 2. The van der Waals surface area contributed by atoms with E-state index in [0.717, 1.165) is 25.7 Å². The Hall–Kier alpha value is -0.0200. The monoisotopic (exact) mass is 208 g/mol. The Balaban J connectivity index is 2.64. The normalized spacial score (nSPS) is 20.8. The molecule has 0 bridgehead atoms. The lowest BCUT2D eigenvalue weighted by Gasteiger charge is -2.21. The highest BCUT2D eigenvalue weighted by Gasteiger charge is 2.23. The second-order valence-corrected chi connectivity index (χ2v) is 5.86. The molecule has 1 saturated carbocycles. The van der Waals surface area contributed by atoms with Gasteiger partial charge in [-0.15, -0.1) is 0 Å². The highest BCUT2D eigenvalue weighted by atomic mass is 35.7. The third-order valence-corrected chi connectivity index (χ3v) is 3.93. The summed E-state index contributed by atoms with van der Waals surface area (Å²) in [5.74, 6) is 0.0984. The highest BCUT2D eigenvalue weighted by Crippen LogP contribution is 2.32. The zero-order valence-electron chi connectivity index (χ0n) is 6.92. The van der Waals surface area contributed by atoms with Gasteiger partial charge in [0, 0.05) is 10.7 Å². The molecule has 0 aromatic carbocycles. The van der Waals surface area contributed by atoms with Gasteiger partial charge in [-0.1, -0.05) is 25.8 Å². The van der Waals surface area contributed by atoms with Crippen molar-refractivity contribution in [3.63, 3.8) is 0 Å². The summed E-state index contributed by atoms with van der Waals surface area (Å²) in [4.78, 5) is 0.212. The number of allylic oxidation sites excluding steroid dienone is 1. The number of halogens is 1. The first-order valence-corrected chi connectivity index (χ1v) is 6.46. The zero-order valence-corrected chi connectivity index (χ0v) is 8.50. The van der Waals surface area contributed by atoms with Crippen molar-refractivity contribution in [1.29, 1.82) is 0 Å². The van der Waals surface area contributed by atoms with E-state index < -0.39 is 9.05 Å². The molecule has 0 saturated heterocycles. The summed E-state index contributed by atoms with van der Waals surface area (Å²) in [6.45, 7) is 3.53. The van der Waals surface area contributed by atoms with Gasteiger partial charge in [0.1, 0.15) is 0 Å². The van der Waals surface area contributed by atoms with Crippen LogP contribution < -0.4 is 0 Å². The Morgan fingerprint density at radius 2 is 1.75 bits per heavy atom. The van der Waals surface area contributed by atoms with E-state index in [4.69, 9.17) is 10.7 Å². The molecule has 12 heavy (non-hydrogen) atoms. The molecule has 4 heteroatoms. The predicted octanol–water partition coefficient (Wildman–Crippen LogP) is 2.65. The van der Waals surface area contributed by atoms with Crippen LogP contribution in [0, 0.1) is 5.92 Å². The second-order valence-electron chi connectivity index (χ2n) is 3.24. The molecule has 0 spiro atoms. The summed E-state index contributed by atoms with van der Waals surface area (Å²) in [5.41, 5.74) is 0. The maximum absolute atomic E-state index is 10.9. The van der Waals surface area contributed by atoms with E-state index in [2.05, 4.69) is 6.58 Å². The summed E-state index contributed by atoms with van der Waals surface area (Å²) < 4.78 is 21.8. The van der Waals surface area contributed by atoms with E-state index in [9.17, 15) is 8.42 Å². The van der Waals surface area contributed by atoms with E-state index in [1.54, 1.807) is 0 Å². The van der Waals surface area contributed by atoms with Gasteiger partial charge in [0.15, 0.2) is 0 Å². The van der Waals surface area contributed by atoms with Gasteiger partial charge in [-0.2, -0.15) is 0 Å². The largest absolute Gasteiger partial charge is 0.257 e. The van der Waals surface area contributed by atoms with Crippen molar-refractivity contribution in [2.45, 2.75) is 32.1 Å². The van der Waals surface area contributed by atoms with E-state index in [-0.39, 0.29) is 10.8 Å². The molecule has 0 aromatic heterocycles. The molecule has 0 radical (unpaired) electrons. The molecule has 1 aliphatic carbocycles. The zero-order chi connectivity index (χ0) is 9.19. The lowest BCUT2D eigenvalue weighted by atomic mass is 9.89. The maximum Gasteiger partial charge on any atom is 0.257 e. The molecule has 0 aliphatic heterocycles. The smallest absolute Gasteiger partial charge is 0.207 e. The average Bonchev–Trinajstić information content (AvgIpc) is 2.03. The van der Waals surface area contributed by atoms with Crippen molar-refractivity contribution in [2.75, 3.05) is 0 Å². The Kier molecular flexibility index (Phi) is 3.18. The van der Waals surface area contributed by atoms with Gasteiger partial charge in [0.2, 0.25) is 0 Å². The minimum absolute atomic E-state index is 0.0984. The first-order valence-electron chi connectivity index (χ1n) is 4.15. The van der Waals surface area contributed by atoms with Crippen LogP contribution in [0.1, 0.15) is 32.1 Å². The second kappa shape index (κ2) is 3.79. The maximum atomic E-state index is 10.9. The van der Waals surface area contributed by atoms with E-state index in [1.165, 1.54) is 6.42 Å². The molecular weight excluding hydrogens is 196 g/mol. The van der Waals surface area contributed by atoms with Gasteiger partial charge in [-0.3, -0.25) is 0 Å². The van der Waals surface area contributed by atoms with Gasteiger partial charge >= 0.3 is 0 Å². The molecule has 0 heterocycles. The van der Waals surface area contributed by atoms with Crippen LogP contribution in [0.3, 0.4) is 0 Å². The van der Waals surface area contributed by atoms with Gasteiger partial charge in [-0.05, 0) is 18.8 Å². The van der Waals surface area contributed by atoms with Gasteiger partial charge in [0.05, 0.1) is 4.91 Å². The first-order chi connectivity index (χ1) is 5.52. The third-order valence-electron chi connectivity index (χ3n) is 2.37. The SMILES string of the molecule is C=C(C1CCCCC1)S(=O)(=O)Cl. The summed E-state index contributed by atoms with van der Waals surface area (Å²) in [6, 6.07) is 0. The van der Waals surface area contributed by atoms with Crippen molar-refractivity contribution < 1.29 is 8.42 Å². The van der Waals surface area contributed by atoms with Gasteiger partial charge in [0.25, 0.3) is 9.05 Å².